The number of benzene rings is 1. The van der Waals surface area contributed by atoms with Crippen LogP contribution in [0.25, 0.3) is 10.9 Å². The molecule has 2 rings (SSSR count). The van der Waals surface area contributed by atoms with Gasteiger partial charge in [-0.2, -0.15) is 0 Å². The molecule has 1 heterocycles. The van der Waals surface area contributed by atoms with Gasteiger partial charge in [-0.1, -0.05) is 32.0 Å². The monoisotopic (exact) mass is 316 g/mol. The first kappa shape index (κ1) is 17.1. The maximum atomic E-state index is 11.9. The summed E-state index contributed by atoms with van der Waals surface area (Å²) < 4.78 is 0. The molecule has 0 aliphatic carbocycles. The van der Waals surface area contributed by atoms with Crippen molar-refractivity contribution < 1.29 is 14.7 Å². The molecule has 0 fully saturated rings. The van der Waals surface area contributed by atoms with Crippen molar-refractivity contribution in [1.82, 2.24) is 10.3 Å². The Hall–Kier alpha value is -2.30. The first-order chi connectivity index (χ1) is 11.0. The molecule has 1 amide bonds. The van der Waals surface area contributed by atoms with Gasteiger partial charge < -0.3 is 15.4 Å². The lowest BCUT2D eigenvalue weighted by Crippen LogP contribution is -2.41. The lowest BCUT2D eigenvalue weighted by atomic mass is 10.0. The molecule has 0 spiro atoms. The standard InChI is InChI=1S/C18H24N2O3/c1-12(2)10-16(18(22)23)20-17(21)9-5-6-13-11-19-15-8-4-3-7-14(13)15/h3-4,7-8,11-12,16,19H,5-6,9-10H2,1-2H3,(H,20,21)(H,22,23). The molecule has 0 saturated heterocycles. The number of aromatic amines is 1. The summed E-state index contributed by atoms with van der Waals surface area (Å²) in [6.45, 7) is 3.89. The molecular formula is C18H24N2O3. The number of hydrogen-bond donors (Lipinski definition) is 3. The highest BCUT2D eigenvalue weighted by molar-refractivity contribution is 5.84. The van der Waals surface area contributed by atoms with Gasteiger partial charge in [0, 0.05) is 23.5 Å². The third-order valence-corrected chi connectivity index (χ3v) is 3.87. The van der Waals surface area contributed by atoms with Crippen molar-refractivity contribution in [3.05, 3.63) is 36.0 Å². The summed E-state index contributed by atoms with van der Waals surface area (Å²) in [5, 5.41) is 12.9. The number of fused-ring (bicyclic) bond motifs is 1. The SMILES string of the molecule is CC(C)CC(NC(=O)CCCc1c[nH]c2ccccc12)C(=O)O. The number of carbonyl (C=O) groups excluding carboxylic acids is 1. The van der Waals surface area contributed by atoms with Crippen molar-refractivity contribution in [1.29, 1.82) is 0 Å². The molecule has 124 valence electrons. The van der Waals surface area contributed by atoms with Gasteiger partial charge in [0.05, 0.1) is 0 Å². The molecule has 1 aromatic carbocycles. The fourth-order valence-electron chi connectivity index (χ4n) is 2.74. The summed E-state index contributed by atoms with van der Waals surface area (Å²) in [6.07, 6.45) is 4.24. The zero-order chi connectivity index (χ0) is 16.8. The zero-order valence-electron chi connectivity index (χ0n) is 13.6. The molecule has 5 nitrogen and oxygen atoms in total. The number of aryl methyl sites for hydroxylation is 1. The topological polar surface area (TPSA) is 82.2 Å². The average Bonchev–Trinajstić information content (AvgIpc) is 2.89. The first-order valence-electron chi connectivity index (χ1n) is 8.04. The molecule has 0 saturated carbocycles. The third kappa shape index (κ3) is 4.84. The minimum absolute atomic E-state index is 0.196. The van der Waals surface area contributed by atoms with E-state index < -0.39 is 12.0 Å². The second-order valence-electron chi connectivity index (χ2n) is 6.30. The number of H-pyrrole nitrogens is 1. The maximum absolute atomic E-state index is 11.9. The van der Waals surface area contributed by atoms with Crippen molar-refractivity contribution in [2.45, 2.75) is 45.6 Å². The molecule has 0 radical (unpaired) electrons. The summed E-state index contributed by atoms with van der Waals surface area (Å²) in [4.78, 5) is 26.3. The Labute approximate surface area is 136 Å². The highest BCUT2D eigenvalue weighted by Gasteiger charge is 2.20. The summed E-state index contributed by atoms with van der Waals surface area (Å²) >= 11 is 0. The van der Waals surface area contributed by atoms with Crippen LogP contribution < -0.4 is 5.32 Å². The lowest BCUT2D eigenvalue weighted by Gasteiger charge is -2.16. The Morgan fingerprint density at radius 3 is 2.70 bits per heavy atom. The van der Waals surface area contributed by atoms with Crippen LogP contribution in [0.5, 0.6) is 0 Å². The minimum Gasteiger partial charge on any atom is -0.480 e. The number of para-hydroxylation sites is 1. The molecule has 0 aliphatic rings. The van der Waals surface area contributed by atoms with Crippen LogP contribution in [0, 0.1) is 5.92 Å². The highest BCUT2D eigenvalue weighted by atomic mass is 16.4. The fraction of sp³-hybridized carbons (Fsp3) is 0.444. The molecule has 1 unspecified atom stereocenters. The summed E-state index contributed by atoms with van der Waals surface area (Å²) in [5.74, 6) is -0.941. The van der Waals surface area contributed by atoms with Crippen LogP contribution in [-0.2, 0) is 16.0 Å². The Morgan fingerprint density at radius 1 is 1.26 bits per heavy atom. The second-order valence-corrected chi connectivity index (χ2v) is 6.30. The molecule has 0 bridgehead atoms. The predicted octanol–water partition coefficient (Wildman–Crippen LogP) is 3.11. The number of carboxylic acid groups (broad SMARTS) is 1. The molecule has 5 heteroatoms. The number of carboxylic acids is 1. The molecule has 23 heavy (non-hydrogen) atoms. The first-order valence-corrected chi connectivity index (χ1v) is 8.04. The number of rotatable bonds is 8. The van der Waals surface area contributed by atoms with Crippen molar-refractivity contribution in [2.75, 3.05) is 0 Å². The molecule has 1 aromatic heterocycles. The molecule has 2 aromatic rings. The number of carbonyl (C=O) groups is 2. The van der Waals surface area contributed by atoms with Crippen LogP contribution in [0.3, 0.4) is 0 Å². The summed E-state index contributed by atoms with van der Waals surface area (Å²) in [5.41, 5.74) is 2.28. The minimum atomic E-state index is -0.969. The Balaban J connectivity index is 1.83. The van der Waals surface area contributed by atoms with Crippen molar-refractivity contribution in [3.8, 4) is 0 Å². The highest BCUT2D eigenvalue weighted by Crippen LogP contribution is 2.19. The lowest BCUT2D eigenvalue weighted by molar-refractivity contribution is -0.142. The van der Waals surface area contributed by atoms with E-state index in [0.29, 0.717) is 19.3 Å². The predicted molar refractivity (Wildman–Crippen MR) is 90.3 cm³/mol. The second kappa shape index (κ2) is 7.81. The van der Waals surface area contributed by atoms with Crippen LogP contribution in [0.2, 0.25) is 0 Å². The van der Waals surface area contributed by atoms with Crippen LogP contribution in [0.4, 0.5) is 0 Å². The van der Waals surface area contributed by atoms with Gasteiger partial charge >= 0.3 is 5.97 Å². The van der Waals surface area contributed by atoms with E-state index in [2.05, 4.69) is 16.4 Å². The molecule has 0 aliphatic heterocycles. The summed E-state index contributed by atoms with van der Waals surface area (Å²) in [6, 6.07) is 7.27. The van der Waals surface area contributed by atoms with E-state index >= 15 is 0 Å². The number of nitrogens with one attached hydrogen (secondary N) is 2. The average molecular weight is 316 g/mol. The van der Waals surface area contributed by atoms with E-state index in [1.54, 1.807) is 0 Å². The van der Waals surface area contributed by atoms with E-state index in [-0.39, 0.29) is 11.8 Å². The largest absolute Gasteiger partial charge is 0.480 e. The van der Waals surface area contributed by atoms with Gasteiger partial charge in [-0.05, 0) is 36.8 Å². The number of aromatic nitrogens is 1. The summed E-state index contributed by atoms with van der Waals surface area (Å²) in [7, 11) is 0. The van der Waals surface area contributed by atoms with Gasteiger partial charge in [0.15, 0.2) is 0 Å². The van der Waals surface area contributed by atoms with E-state index in [1.807, 2.05) is 38.2 Å². The smallest absolute Gasteiger partial charge is 0.326 e. The maximum Gasteiger partial charge on any atom is 0.326 e. The van der Waals surface area contributed by atoms with Gasteiger partial charge in [-0.3, -0.25) is 4.79 Å². The van der Waals surface area contributed by atoms with Crippen molar-refractivity contribution in [3.63, 3.8) is 0 Å². The van der Waals surface area contributed by atoms with Crippen LogP contribution in [-0.4, -0.2) is 28.0 Å². The van der Waals surface area contributed by atoms with Crippen molar-refractivity contribution >= 4 is 22.8 Å². The van der Waals surface area contributed by atoms with Crippen LogP contribution >= 0.6 is 0 Å². The van der Waals surface area contributed by atoms with Crippen LogP contribution in [0.15, 0.2) is 30.5 Å². The van der Waals surface area contributed by atoms with E-state index in [0.717, 1.165) is 11.9 Å². The quantitative estimate of drug-likeness (QED) is 0.700. The molecular weight excluding hydrogens is 292 g/mol. The fourth-order valence-corrected chi connectivity index (χ4v) is 2.74. The zero-order valence-corrected chi connectivity index (χ0v) is 13.6. The van der Waals surface area contributed by atoms with Gasteiger partial charge in [0.25, 0.3) is 0 Å². The Morgan fingerprint density at radius 2 is 2.00 bits per heavy atom. The Bertz CT molecular complexity index is 676. The third-order valence-electron chi connectivity index (χ3n) is 3.87. The molecule has 3 N–H and O–H groups in total. The van der Waals surface area contributed by atoms with Crippen molar-refractivity contribution in [2.24, 2.45) is 5.92 Å². The van der Waals surface area contributed by atoms with E-state index in [9.17, 15) is 9.59 Å². The van der Waals surface area contributed by atoms with E-state index in [1.165, 1.54) is 10.9 Å². The van der Waals surface area contributed by atoms with Crippen LogP contribution in [0.1, 0.15) is 38.7 Å². The van der Waals surface area contributed by atoms with Gasteiger partial charge in [-0.15, -0.1) is 0 Å². The van der Waals surface area contributed by atoms with Gasteiger partial charge in [-0.25, -0.2) is 4.79 Å². The number of hydrogen-bond acceptors (Lipinski definition) is 2. The van der Waals surface area contributed by atoms with Gasteiger partial charge in [0.2, 0.25) is 5.91 Å². The van der Waals surface area contributed by atoms with E-state index in [4.69, 9.17) is 5.11 Å². The molecule has 1 atom stereocenters. The normalized spacial score (nSPS) is 12.5. The Kier molecular flexibility index (Phi) is 5.79. The van der Waals surface area contributed by atoms with Gasteiger partial charge in [0.1, 0.15) is 6.04 Å². The number of amides is 1. The number of aliphatic carboxylic acids is 1.